The predicted molar refractivity (Wildman–Crippen MR) is 132 cm³/mol. The molecule has 1 spiro atoms. The van der Waals surface area contributed by atoms with E-state index in [0.717, 1.165) is 71.0 Å². The molecule has 2 N–H and O–H groups in total. The molecule has 2 aliphatic rings. The fourth-order valence-corrected chi connectivity index (χ4v) is 6.15. The number of aromatic nitrogens is 6. The van der Waals surface area contributed by atoms with Gasteiger partial charge in [0.1, 0.15) is 16.7 Å². The van der Waals surface area contributed by atoms with Crippen molar-refractivity contribution in [2.24, 2.45) is 11.1 Å². The summed E-state index contributed by atoms with van der Waals surface area (Å²) in [6.07, 6.45) is 11.7. The minimum absolute atomic E-state index is 0.0591. The molecule has 4 aromatic rings. The van der Waals surface area contributed by atoms with E-state index in [1.165, 1.54) is 0 Å². The van der Waals surface area contributed by atoms with Crippen LogP contribution in [-0.2, 0) is 6.54 Å². The second kappa shape index (κ2) is 8.25. The monoisotopic (exact) mass is 472 g/mol. The number of anilines is 1. The van der Waals surface area contributed by atoms with E-state index in [1.54, 1.807) is 11.8 Å². The van der Waals surface area contributed by atoms with Crippen molar-refractivity contribution in [3.8, 4) is 5.82 Å². The minimum Gasteiger partial charge on any atom is -0.355 e. The summed E-state index contributed by atoms with van der Waals surface area (Å²) in [4.78, 5) is 17.8. The van der Waals surface area contributed by atoms with Crippen molar-refractivity contribution >= 4 is 17.6 Å². The lowest BCUT2D eigenvalue weighted by Gasteiger charge is -2.41. The van der Waals surface area contributed by atoms with Crippen LogP contribution in [0.5, 0.6) is 0 Å². The van der Waals surface area contributed by atoms with Gasteiger partial charge in [-0.05, 0) is 51.0 Å². The Morgan fingerprint density at radius 1 is 1.06 bits per heavy atom. The molecule has 1 fully saturated rings. The molecule has 0 amide bonds. The van der Waals surface area contributed by atoms with E-state index in [4.69, 9.17) is 15.7 Å². The molecule has 6 rings (SSSR count). The second-order valence-electron chi connectivity index (χ2n) is 9.31. The van der Waals surface area contributed by atoms with Gasteiger partial charge in [0.25, 0.3) is 0 Å². The van der Waals surface area contributed by atoms with Gasteiger partial charge in [-0.1, -0.05) is 11.8 Å². The van der Waals surface area contributed by atoms with E-state index < -0.39 is 0 Å². The zero-order valence-corrected chi connectivity index (χ0v) is 20.2. The standard InChI is InChI=1S/C25H28N8S/c1-17-20(6-9-27-23(17)32-11-3-4-12-32)34-24-18(2)30-21(15-28-24)31-13-7-25(8-14-31)16-33-19(22(25)26)5-10-29-33/h3-6,9-12,15,22H,7-8,13-14,16,26H2,1-2H3/t22-/m1/s1. The van der Waals surface area contributed by atoms with E-state index in [0.29, 0.717) is 0 Å². The fraction of sp³-hybridized carbons (Fsp3) is 0.360. The highest BCUT2D eigenvalue weighted by molar-refractivity contribution is 7.99. The highest BCUT2D eigenvalue weighted by Gasteiger charge is 2.47. The molecular weight excluding hydrogens is 444 g/mol. The highest BCUT2D eigenvalue weighted by atomic mass is 32.2. The maximum atomic E-state index is 6.64. The van der Waals surface area contributed by atoms with Crippen LogP contribution in [0, 0.1) is 19.3 Å². The third kappa shape index (κ3) is 3.50. The molecule has 0 bridgehead atoms. The van der Waals surface area contributed by atoms with Gasteiger partial charge in [-0.3, -0.25) is 4.68 Å². The summed E-state index contributed by atoms with van der Waals surface area (Å²) >= 11 is 1.65. The predicted octanol–water partition coefficient (Wildman–Crippen LogP) is 3.93. The number of piperidine rings is 1. The fourth-order valence-electron chi connectivity index (χ4n) is 5.27. The SMILES string of the molecule is Cc1nc(N2CCC3(CC2)Cn2nccc2[C@H]3N)cnc1Sc1ccnc(-n2cccc2)c1C. The first-order valence-corrected chi connectivity index (χ1v) is 12.5. The molecule has 0 unspecified atom stereocenters. The molecule has 0 aliphatic carbocycles. The van der Waals surface area contributed by atoms with E-state index in [2.05, 4.69) is 32.7 Å². The number of aryl methyl sites for hydroxylation is 1. The Labute approximate surface area is 203 Å². The Hall–Kier alpha value is -3.17. The second-order valence-corrected chi connectivity index (χ2v) is 10.3. The number of hydrogen-bond donors (Lipinski definition) is 1. The lowest BCUT2D eigenvalue weighted by molar-refractivity contribution is 0.170. The molecule has 2 aliphatic heterocycles. The van der Waals surface area contributed by atoms with Gasteiger partial charge in [0.2, 0.25) is 0 Å². The van der Waals surface area contributed by atoms with Gasteiger partial charge in [-0.2, -0.15) is 5.10 Å². The van der Waals surface area contributed by atoms with Crippen LogP contribution >= 0.6 is 11.8 Å². The van der Waals surface area contributed by atoms with E-state index in [1.807, 2.05) is 60.7 Å². The van der Waals surface area contributed by atoms with Crippen molar-refractivity contribution in [1.29, 1.82) is 0 Å². The number of nitrogens with two attached hydrogens (primary N) is 1. The number of nitrogens with zero attached hydrogens (tertiary/aromatic N) is 7. The lowest BCUT2D eigenvalue weighted by atomic mass is 9.73. The van der Waals surface area contributed by atoms with Gasteiger partial charge >= 0.3 is 0 Å². The summed E-state index contributed by atoms with van der Waals surface area (Å²) < 4.78 is 4.12. The first-order chi connectivity index (χ1) is 16.5. The Morgan fingerprint density at radius 3 is 2.59 bits per heavy atom. The van der Waals surface area contributed by atoms with Gasteiger partial charge < -0.3 is 15.2 Å². The first-order valence-electron chi connectivity index (χ1n) is 11.7. The maximum Gasteiger partial charge on any atom is 0.147 e. The Morgan fingerprint density at radius 2 is 1.85 bits per heavy atom. The third-order valence-corrected chi connectivity index (χ3v) is 8.60. The molecular formula is C25H28N8S. The van der Waals surface area contributed by atoms with Gasteiger partial charge in [0.15, 0.2) is 0 Å². The van der Waals surface area contributed by atoms with Crippen LogP contribution in [0.25, 0.3) is 5.82 Å². The van der Waals surface area contributed by atoms with E-state index in [-0.39, 0.29) is 11.5 Å². The summed E-state index contributed by atoms with van der Waals surface area (Å²) in [5, 5.41) is 5.37. The number of hydrogen-bond acceptors (Lipinski definition) is 7. The quantitative estimate of drug-likeness (QED) is 0.481. The zero-order chi connectivity index (χ0) is 23.3. The van der Waals surface area contributed by atoms with Gasteiger partial charge in [0, 0.05) is 60.3 Å². The summed E-state index contributed by atoms with van der Waals surface area (Å²) in [6, 6.07) is 8.17. The molecule has 174 valence electrons. The minimum atomic E-state index is 0.0591. The molecule has 0 aromatic carbocycles. The Balaban J connectivity index is 1.17. The van der Waals surface area contributed by atoms with Crippen molar-refractivity contribution in [1.82, 2.24) is 29.3 Å². The molecule has 1 saturated heterocycles. The van der Waals surface area contributed by atoms with E-state index >= 15 is 0 Å². The molecule has 6 heterocycles. The molecule has 34 heavy (non-hydrogen) atoms. The summed E-state index contributed by atoms with van der Waals surface area (Å²) in [7, 11) is 0. The molecule has 4 aromatic heterocycles. The maximum absolute atomic E-state index is 6.64. The summed E-state index contributed by atoms with van der Waals surface area (Å²) in [6.45, 7) is 6.93. The van der Waals surface area contributed by atoms with Crippen molar-refractivity contribution in [2.75, 3.05) is 18.0 Å². The van der Waals surface area contributed by atoms with Crippen molar-refractivity contribution in [2.45, 2.75) is 49.2 Å². The van der Waals surface area contributed by atoms with Crippen LogP contribution in [0.3, 0.4) is 0 Å². The Bertz CT molecular complexity index is 1320. The number of pyridine rings is 1. The first kappa shape index (κ1) is 21.4. The van der Waals surface area contributed by atoms with Crippen LogP contribution in [0.4, 0.5) is 5.82 Å². The van der Waals surface area contributed by atoms with Crippen molar-refractivity contribution in [3.05, 3.63) is 72.2 Å². The largest absolute Gasteiger partial charge is 0.355 e. The van der Waals surface area contributed by atoms with E-state index in [9.17, 15) is 0 Å². The average Bonchev–Trinajstić information content (AvgIpc) is 3.58. The molecule has 1 atom stereocenters. The normalized spacial score (nSPS) is 19.0. The number of fused-ring (bicyclic) bond motifs is 1. The summed E-state index contributed by atoms with van der Waals surface area (Å²) in [5.41, 5.74) is 9.98. The zero-order valence-electron chi connectivity index (χ0n) is 19.4. The lowest BCUT2D eigenvalue weighted by Crippen LogP contribution is -2.45. The highest BCUT2D eigenvalue weighted by Crippen LogP contribution is 2.48. The molecule has 0 saturated carbocycles. The van der Waals surface area contributed by atoms with Gasteiger partial charge in [0.05, 0.1) is 23.6 Å². The van der Waals surface area contributed by atoms with Crippen LogP contribution in [0.2, 0.25) is 0 Å². The molecule has 0 radical (unpaired) electrons. The smallest absolute Gasteiger partial charge is 0.147 e. The Kier molecular flexibility index (Phi) is 5.18. The van der Waals surface area contributed by atoms with Crippen LogP contribution in [0.15, 0.2) is 65.2 Å². The van der Waals surface area contributed by atoms with Crippen LogP contribution in [0.1, 0.15) is 35.8 Å². The van der Waals surface area contributed by atoms with Gasteiger partial charge in [-0.15, -0.1) is 0 Å². The molecule has 8 nitrogen and oxygen atoms in total. The molecule has 9 heteroatoms. The van der Waals surface area contributed by atoms with Crippen LogP contribution in [-0.4, -0.2) is 42.4 Å². The third-order valence-electron chi connectivity index (χ3n) is 7.35. The van der Waals surface area contributed by atoms with Gasteiger partial charge in [-0.25, -0.2) is 15.0 Å². The summed E-state index contributed by atoms with van der Waals surface area (Å²) in [5.74, 6) is 1.88. The van der Waals surface area contributed by atoms with Crippen LogP contribution < -0.4 is 10.6 Å². The van der Waals surface area contributed by atoms with Crippen molar-refractivity contribution < 1.29 is 0 Å². The number of rotatable bonds is 4. The topological polar surface area (TPSA) is 90.7 Å². The van der Waals surface area contributed by atoms with Crippen molar-refractivity contribution in [3.63, 3.8) is 0 Å². The average molecular weight is 473 g/mol.